The van der Waals surface area contributed by atoms with E-state index in [0.717, 1.165) is 45.3 Å². The maximum atomic E-state index is 12.6. The molecule has 21 heavy (non-hydrogen) atoms. The lowest BCUT2D eigenvalue weighted by Gasteiger charge is -2.29. The van der Waals surface area contributed by atoms with Crippen molar-refractivity contribution in [2.45, 2.75) is 71.0 Å². The topological polar surface area (TPSA) is 44.8 Å². The number of rotatable bonds is 10. The van der Waals surface area contributed by atoms with Gasteiger partial charge >= 0.3 is 7.60 Å². The average molecular weight is 318 g/mol. The molecule has 1 aliphatic heterocycles. The predicted molar refractivity (Wildman–Crippen MR) is 86.9 cm³/mol. The third-order valence-electron chi connectivity index (χ3n) is 4.10. The lowest BCUT2D eigenvalue weighted by atomic mass is 9.90. The van der Waals surface area contributed by atoms with Crippen LogP contribution in [-0.4, -0.2) is 30.6 Å². The van der Waals surface area contributed by atoms with Crippen LogP contribution in [0.5, 0.6) is 0 Å². The lowest BCUT2D eigenvalue weighted by molar-refractivity contribution is 0.00578. The Kier molecular flexibility index (Phi) is 7.12. The van der Waals surface area contributed by atoms with Crippen molar-refractivity contribution in [2.75, 3.05) is 19.4 Å². The predicted octanol–water partition coefficient (Wildman–Crippen LogP) is 4.94. The van der Waals surface area contributed by atoms with Crippen LogP contribution in [0.3, 0.4) is 0 Å². The standard InChI is InChI=1S/C16H31O4P/c1-6-7-9-12-18-13-10-8-11-14-21(17)19-15(2,3)16(4,5)20-21/h6H,1,7-14H2,2-5H3. The summed E-state index contributed by atoms with van der Waals surface area (Å²) in [6, 6.07) is 0. The Bertz CT molecular complexity index is 356. The van der Waals surface area contributed by atoms with Crippen molar-refractivity contribution in [3.05, 3.63) is 12.7 Å². The molecule has 124 valence electrons. The van der Waals surface area contributed by atoms with Crippen LogP contribution in [0.15, 0.2) is 12.7 Å². The zero-order valence-electron chi connectivity index (χ0n) is 14.0. The summed E-state index contributed by atoms with van der Waals surface area (Å²) in [6.07, 6.45) is 7.26. The van der Waals surface area contributed by atoms with Gasteiger partial charge in [0.2, 0.25) is 0 Å². The second-order valence-corrected chi connectivity index (χ2v) is 8.68. The lowest BCUT2D eigenvalue weighted by Crippen LogP contribution is -2.41. The minimum atomic E-state index is -2.94. The molecule has 0 aliphatic carbocycles. The Morgan fingerprint density at radius 2 is 1.57 bits per heavy atom. The van der Waals surface area contributed by atoms with E-state index in [-0.39, 0.29) is 0 Å². The Hall–Kier alpha value is -0.150. The van der Waals surface area contributed by atoms with Crippen LogP contribution < -0.4 is 0 Å². The molecule has 4 nitrogen and oxygen atoms in total. The molecule has 0 radical (unpaired) electrons. The number of allylic oxidation sites excluding steroid dienone is 1. The van der Waals surface area contributed by atoms with E-state index in [9.17, 15) is 4.57 Å². The molecule has 0 saturated carbocycles. The van der Waals surface area contributed by atoms with Crippen LogP contribution >= 0.6 is 7.60 Å². The molecule has 0 atom stereocenters. The number of hydrogen-bond acceptors (Lipinski definition) is 4. The fraction of sp³-hybridized carbons (Fsp3) is 0.875. The molecular formula is C16H31O4P. The van der Waals surface area contributed by atoms with Crippen LogP contribution in [0.25, 0.3) is 0 Å². The summed E-state index contributed by atoms with van der Waals surface area (Å²) in [5, 5.41) is 0. The SMILES string of the molecule is C=CCCCOCCCCCP1(=O)OC(C)(C)C(C)(C)O1. The molecule has 0 unspecified atom stereocenters. The van der Waals surface area contributed by atoms with Crippen LogP contribution in [0.1, 0.15) is 59.8 Å². The smallest absolute Gasteiger partial charge is 0.331 e. The van der Waals surface area contributed by atoms with Crippen molar-refractivity contribution in [3.63, 3.8) is 0 Å². The van der Waals surface area contributed by atoms with E-state index in [1.54, 1.807) is 0 Å². The normalized spacial score (nSPS) is 22.3. The van der Waals surface area contributed by atoms with Crippen molar-refractivity contribution in [3.8, 4) is 0 Å². The molecule has 5 heteroatoms. The highest BCUT2D eigenvalue weighted by molar-refractivity contribution is 7.54. The van der Waals surface area contributed by atoms with Gasteiger partial charge in [0.15, 0.2) is 0 Å². The maximum absolute atomic E-state index is 12.6. The van der Waals surface area contributed by atoms with Gasteiger partial charge in [-0.05, 0) is 53.4 Å². The molecule has 0 amide bonds. The largest absolute Gasteiger partial charge is 0.381 e. The van der Waals surface area contributed by atoms with E-state index < -0.39 is 18.8 Å². The molecule has 0 aromatic heterocycles. The van der Waals surface area contributed by atoms with Crippen molar-refractivity contribution in [2.24, 2.45) is 0 Å². The van der Waals surface area contributed by atoms with Crippen molar-refractivity contribution >= 4 is 7.60 Å². The summed E-state index contributed by atoms with van der Waals surface area (Å²) >= 11 is 0. The number of unbranched alkanes of at least 4 members (excludes halogenated alkanes) is 3. The third-order valence-corrected chi connectivity index (χ3v) is 6.44. The van der Waals surface area contributed by atoms with E-state index in [2.05, 4.69) is 6.58 Å². The molecule has 0 spiro atoms. The zero-order valence-corrected chi connectivity index (χ0v) is 14.9. The molecule has 1 heterocycles. The van der Waals surface area contributed by atoms with E-state index in [0.29, 0.717) is 6.16 Å². The summed E-state index contributed by atoms with van der Waals surface area (Å²) in [7, 11) is -2.94. The van der Waals surface area contributed by atoms with Gasteiger partial charge in [-0.1, -0.05) is 12.5 Å². The number of ether oxygens (including phenoxy) is 1. The van der Waals surface area contributed by atoms with Gasteiger partial charge in [-0.25, -0.2) is 0 Å². The second-order valence-electron chi connectivity index (χ2n) is 6.64. The molecule has 1 saturated heterocycles. The molecule has 0 aromatic carbocycles. The summed E-state index contributed by atoms with van der Waals surface area (Å²) < 4.78 is 29.5. The zero-order chi connectivity index (χ0) is 16.0. The van der Waals surface area contributed by atoms with Crippen LogP contribution in [0.4, 0.5) is 0 Å². The van der Waals surface area contributed by atoms with Gasteiger partial charge in [0.05, 0.1) is 6.16 Å². The molecule has 0 N–H and O–H groups in total. The average Bonchev–Trinajstić information content (AvgIpc) is 2.51. The molecule has 1 aliphatic rings. The van der Waals surface area contributed by atoms with Gasteiger partial charge < -0.3 is 4.74 Å². The van der Waals surface area contributed by atoms with E-state index in [1.807, 2.05) is 33.8 Å². The first-order chi connectivity index (χ1) is 9.72. The van der Waals surface area contributed by atoms with Crippen LogP contribution in [0.2, 0.25) is 0 Å². The van der Waals surface area contributed by atoms with Crippen molar-refractivity contribution in [1.29, 1.82) is 0 Å². The summed E-state index contributed by atoms with van der Waals surface area (Å²) in [6.45, 7) is 13.0. The number of hydrogen-bond donors (Lipinski definition) is 0. The maximum Gasteiger partial charge on any atom is 0.331 e. The Balaban J connectivity index is 2.14. The molecular weight excluding hydrogens is 287 g/mol. The third kappa shape index (κ3) is 5.86. The summed E-state index contributed by atoms with van der Waals surface area (Å²) in [5.74, 6) is 0. The highest BCUT2D eigenvalue weighted by Gasteiger charge is 2.54. The van der Waals surface area contributed by atoms with E-state index >= 15 is 0 Å². The Labute approximate surface area is 129 Å². The molecule has 0 bridgehead atoms. The summed E-state index contributed by atoms with van der Waals surface area (Å²) in [5.41, 5.74) is -1.01. The first kappa shape index (κ1) is 18.9. The quantitative estimate of drug-likeness (QED) is 0.325. The molecule has 1 fully saturated rings. The van der Waals surface area contributed by atoms with Crippen molar-refractivity contribution < 1.29 is 18.3 Å². The molecule has 1 rings (SSSR count). The van der Waals surface area contributed by atoms with E-state index in [1.165, 1.54) is 0 Å². The van der Waals surface area contributed by atoms with Gasteiger partial charge in [0, 0.05) is 13.2 Å². The van der Waals surface area contributed by atoms with Crippen LogP contribution in [-0.2, 0) is 18.3 Å². The van der Waals surface area contributed by atoms with E-state index in [4.69, 9.17) is 13.8 Å². The Morgan fingerprint density at radius 1 is 1.00 bits per heavy atom. The first-order valence-corrected chi connectivity index (χ1v) is 9.64. The highest BCUT2D eigenvalue weighted by atomic mass is 31.2. The first-order valence-electron chi connectivity index (χ1n) is 7.92. The Morgan fingerprint density at radius 3 is 2.14 bits per heavy atom. The monoisotopic (exact) mass is 318 g/mol. The summed E-state index contributed by atoms with van der Waals surface area (Å²) in [4.78, 5) is 0. The van der Waals surface area contributed by atoms with Gasteiger partial charge in [-0.3, -0.25) is 13.6 Å². The second kappa shape index (κ2) is 7.92. The van der Waals surface area contributed by atoms with Gasteiger partial charge in [-0.15, -0.1) is 6.58 Å². The van der Waals surface area contributed by atoms with Crippen LogP contribution in [0, 0.1) is 0 Å². The fourth-order valence-electron chi connectivity index (χ4n) is 2.14. The van der Waals surface area contributed by atoms with Crippen molar-refractivity contribution in [1.82, 2.24) is 0 Å². The highest BCUT2D eigenvalue weighted by Crippen LogP contribution is 2.64. The minimum Gasteiger partial charge on any atom is -0.381 e. The van der Waals surface area contributed by atoms with Gasteiger partial charge in [0.25, 0.3) is 0 Å². The van der Waals surface area contributed by atoms with Gasteiger partial charge in [-0.2, -0.15) is 0 Å². The minimum absolute atomic E-state index is 0.496. The van der Waals surface area contributed by atoms with Gasteiger partial charge in [0.1, 0.15) is 11.2 Å². The fourth-order valence-corrected chi connectivity index (χ4v) is 4.80. The molecule has 0 aromatic rings.